The zero-order valence-electron chi connectivity index (χ0n) is 14.5. The number of amides is 1. The van der Waals surface area contributed by atoms with Crippen molar-refractivity contribution in [2.45, 2.75) is 25.8 Å². The molecule has 6 heteroatoms. The van der Waals surface area contributed by atoms with Crippen molar-refractivity contribution in [1.82, 2.24) is 15.1 Å². The lowest BCUT2D eigenvalue weighted by Gasteiger charge is -2.34. The molecule has 0 spiro atoms. The van der Waals surface area contributed by atoms with E-state index in [9.17, 15) is 4.79 Å². The number of anilines is 1. The van der Waals surface area contributed by atoms with Crippen molar-refractivity contribution in [1.29, 1.82) is 0 Å². The molecule has 1 N–H and O–H groups in total. The number of nitrogens with one attached hydrogen (secondary N) is 1. The molecule has 1 amide bonds. The number of rotatable bonds is 4. The lowest BCUT2D eigenvalue weighted by molar-refractivity contribution is 0.0921. The van der Waals surface area contributed by atoms with Crippen LogP contribution in [0.15, 0.2) is 30.3 Å². The molecule has 0 saturated carbocycles. The zero-order valence-corrected chi connectivity index (χ0v) is 14.5. The molecule has 6 nitrogen and oxygen atoms in total. The van der Waals surface area contributed by atoms with E-state index in [1.165, 1.54) is 0 Å². The molecule has 1 aromatic carbocycles. The van der Waals surface area contributed by atoms with Crippen LogP contribution in [0.4, 0.5) is 5.69 Å². The molecule has 1 fully saturated rings. The van der Waals surface area contributed by atoms with Gasteiger partial charge in [0.1, 0.15) is 11.4 Å². The van der Waals surface area contributed by atoms with Crippen molar-refractivity contribution in [3.63, 3.8) is 0 Å². The van der Waals surface area contributed by atoms with Crippen molar-refractivity contribution in [3.05, 3.63) is 41.7 Å². The lowest BCUT2D eigenvalue weighted by atomic mass is 10.0. The van der Waals surface area contributed by atoms with E-state index >= 15 is 0 Å². The predicted octanol–water partition coefficient (Wildman–Crippen LogP) is 2.14. The van der Waals surface area contributed by atoms with Crippen molar-refractivity contribution >= 4 is 11.6 Å². The Hall–Kier alpha value is -2.50. The summed E-state index contributed by atoms with van der Waals surface area (Å²) in [6.45, 7) is 3.69. The van der Waals surface area contributed by atoms with Gasteiger partial charge in [-0.05, 0) is 38.0 Å². The molecule has 0 aliphatic carbocycles. The van der Waals surface area contributed by atoms with E-state index in [1.807, 2.05) is 31.2 Å². The number of methoxy groups -OCH3 is 1. The van der Waals surface area contributed by atoms with E-state index in [0.29, 0.717) is 5.69 Å². The molecule has 1 aliphatic rings. The van der Waals surface area contributed by atoms with E-state index in [4.69, 9.17) is 4.74 Å². The highest BCUT2D eigenvalue weighted by molar-refractivity contribution is 5.92. The second kappa shape index (κ2) is 6.95. The number of benzene rings is 1. The molecule has 24 heavy (non-hydrogen) atoms. The molecular weight excluding hydrogens is 304 g/mol. The minimum Gasteiger partial charge on any atom is -0.495 e. The van der Waals surface area contributed by atoms with Crippen LogP contribution in [0.5, 0.6) is 5.75 Å². The number of piperidine rings is 1. The van der Waals surface area contributed by atoms with Crippen LogP contribution in [0.3, 0.4) is 0 Å². The van der Waals surface area contributed by atoms with Crippen molar-refractivity contribution < 1.29 is 9.53 Å². The maximum Gasteiger partial charge on any atom is 0.269 e. The molecule has 0 unspecified atom stereocenters. The van der Waals surface area contributed by atoms with E-state index in [2.05, 4.69) is 21.4 Å². The number of carbonyl (C=O) groups excluding carboxylic acids is 1. The fourth-order valence-corrected chi connectivity index (χ4v) is 3.24. The van der Waals surface area contributed by atoms with Gasteiger partial charge in [0, 0.05) is 26.2 Å². The Morgan fingerprint density at radius 2 is 2.00 bits per heavy atom. The Balaban J connectivity index is 1.59. The number of para-hydroxylation sites is 2. The highest BCUT2D eigenvalue weighted by atomic mass is 16.5. The third-order valence-corrected chi connectivity index (χ3v) is 4.49. The smallest absolute Gasteiger partial charge is 0.269 e. The predicted molar refractivity (Wildman–Crippen MR) is 93.6 cm³/mol. The van der Waals surface area contributed by atoms with Crippen LogP contribution in [-0.4, -0.2) is 41.9 Å². The molecule has 0 atom stereocenters. The van der Waals surface area contributed by atoms with Crippen molar-refractivity contribution in [2.24, 2.45) is 7.05 Å². The first-order valence-electron chi connectivity index (χ1n) is 8.28. The standard InChI is InChI=1S/C18H24N4O2/c1-13-12-16(21(2)20-13)18(23)19-14-8-10-22(11-9-14)15-6-4-5-7-17(15)24-3/h4-7,12,14H,8-11H2,1-3H3,(H,19,23). The number of carbonyl (C=O) groups is 1. The second-order valence-corrected chi connectivity index (χ2v) is 6.20. The summed E-state index contributed by atoms with van der Waals surface area (Å²) >= 11 is 0. The molecule has 1 aliphatic heterocycles. The fraction of sp³-hybridized carbons (Fsp3) is 0.444. The van der Waals surface area contributed by atoms with Gasteiger partial charge in [0.15, 0.2) is 0 Å². The average Bonchev–Trinajstić information content (AvgIpc) is 2.94. The van der Waals surface area contributed by atoms with Gasteiger partial charge >= 0.3 is 0 Å². The maximum absolute atomic E-state index is 12.4. The lowest BCUT2D eigenvalue weighted by Crippen LogP contribution is -2.45. The van der Waals surface area contributed by atoms with Crippen LogP contribution in [-0.2, 0) is 7.05 Å². The highest BCUT2D eigenvalue weighted by Crippen LogP contribution is 2.29. The number of aryl methyl sites for hydroxylation is 2. The minimum absolute atomic E-state index is 0.0474. The van der Waals surface area contributed by atoms with Gasteiger partial charge in [-0.1, -0.05) is 12.1 Å². The molecule has 0 radical (unpaired) electrons. The van der Waals surface area contributed by atoms with Crippen LogP contribution in [0.1, 0.15) is 29.0 Å². The Bertz CT molecular complexity index is 718. The van der Waals surface area contributed by atoms with Gasteiger partial charge in [0.2, 0.25) is 0 Å². The number of ether oxygens (including phenoxy) is 1. The summed E-state index contributed by atoms with van der Waals surface area (Å²) in [5.41, 5.74) is 2.58. The van der Waals surface area contributed by atoms with E-state index < -0.39 is 0 Å². The molecule has 1 saturated heterocycles. The third kappa shape index (κ3) is 3.37. The van der Waals surface area contributed by atoms with Gasteiger partial charge in [-0.15, -0.1) is 0 Å². The van der Waals surface area contributed by atoms with E-state index in [-0.39, 0.29) is 11.9 Å². The van der Waals surface area contributed by atoms with Crippen LogP contribution in [0.2, 0.25) is 0 Å². The Morgan fingerprint density at radius 1 is 1.29 bits per heavy atom. The van der Waals surface area contributed by atoms with Crippen LogP contribution >= 0.6 is 0 Å². The quantitative estimate of drug-likeness (QED) is 0.934. The van der Waals surface area contributed by atoms with E-state index in [1.54, 1.807) is 18.8 Å². The topological polar surface area (TPSA) is 59.4 Å². The van der Waals surface area contributed by atoms with Gasteiger partial charge in [-0.2, -0.15) is 5.10 Å². The second-order valence-electron chi connectivity index (χ2n) is 6.20. The highest BCUT2D eigenvalue weighted by Gasteiger charge is 2.23. The Labute approximate surface area is 142 Å². The summed E-state index contributed by atoms with van der Waals surface area (Å²) in [5.74, 6) is 0.846. The van der Waals surface area contributed by atoms with Gasteiger partial charge in [-0.25, -0.2) is 0 Å². The third-order valence-electron chi connectivity index (χ3n) is 4.49. The molecular formula is C18H24N4O2. The van der Waals surface area contributed by atoms with Crippen molar-refractivity contribution in [3.8, 4) is 5.75 Å². The Morgan fingerprint density at radius 3 is 2.62 bits per heavy atom. The van der Waals surface area contributed by atoms with Gasteiger partial charge in [0.25, 0.3) is 5.91 Å². The van der Waals surface area contributed by atoms with Gasteiger partial charge < -0.3 is 15.0 Å². The fourth-order valence-electron chi connectivity index (χ4n) is 3.24. The van der Waals surface area contributed by atoms with Crippen molar-refractivity contribution in [2.75, 3.05) is 25.1 Å². The first-order valence-corrected chi connectivity index (χ1v) is 8.28. The summed E-state index contributed by atoms with van der Waals surface area (Å²) in [4.78, 5) is 14.7. The number of aromatic nitrogens is 2. The van der Waals surface area contributed by atoms with Crippen LogP contribution in [0, 0.1) is 6.92 Å². The first kappa shape index (κ1) is 16.4. The largest absolute Gasteiger partial charge is 0.495 e. The van der Waals surface area contributed by atoms with E-state index in [0.717, 1.165) is 43.1 Å². The average molecular weight is 328 g/mol. The molecule has 1 aromatic heterocycles. The molecule has 2 heterocycles. The zero-order chi connectivity index (χ0) is 17.1. The van der Waals surface area contributed by atoms with Crippen LogP contribution < -0.4 is 15.0 Å². The summed E-state index contributed by atoms with van der Waals surface area (Å²) in [6.07, 6.45) is 1.83. The molecule has 0 bridgehead atoms. The van der Waals surface area contributed by atoms with Gasteiger partial charge in [-0.3, -0.25) is 9.48 Å². The SMILES string of the molecule is COc1ccccc1N1CCC(NC(=O)c2cc(C)nn2C)CC1. The first-order chi connectivity index (χ1) is 11.6. The minimum atomic E-state index is -0.0474. The number of nitrogens with zero attached hydrogens (tertiary/aromatic N) is 3. The van der Waals surface area contributed by atoms with Crippen LogP contribution in [0.25, 0.3) is 0 Å². The molecule has 3 rings (SSSR count). The molecule has 128 valence electrons. The summed E-state index contributed by atoms with van der Waals surface area (Å²) in [7, 11) is 3.49. The number of hydrogen-bond donors (Lipinski definition) is 1. The van der Waals surface area contributed by atoms with Gasteiger partial charge in [0.05, 0.1) is 18.5 Å². The summed E-state index contributed by atoms with van der Waals surface area (Å²) in [6, 6.07) is 10.1. The normalized spacial score (nSPS) is 15.4. The summed E-state index contributed by atoms with van der Waals surface area (Å²) in [5, 5.41) is 7.36. The molecule has 2 aromatic rings. The monoisotopic (exact) mass is 328 g/mol. The maximum atomic E-state index is 12.4. The summed E-state index contributed by atoms with van der Waals surface area (Å²) < 4.78 is 7.08. The number of hydrogen-bond acceptors (Lipinski definition) is 4. The Kier molecular flexibility index (Phi) is 4.74.